The average molecular weight is 304 g/mol. The molecule has 1 fully saturated rings. The number of hydrogen-bond acceptors (Lipinski definition) is 5. The van der Waals surface area contributed by atoms with Crippen LogP contribution in [0.15, 0.2) is 24.3 Å². The summed E-state index contributed by atoms with van der Waals surface area (Å²) in [6, 6.07) is 7.89. The molecule has 1 aromatic carbocycles. The number of para-hydroxylation sites is 1. The minimum absolute atomic E-state index is 0.00433. The number of nitrogens with one attached hydrogen (secondary N) is 1. The average Bonchev–Trinajstić information content (AvgIpc) is 3.02. The zero-order valence-corrected chi connectivity index (χ0v) is 12.9. The molecule has 1 aliphatic heterocycles. The van der Waals surface area contributed by atoms with Gasteiger partial charge in [0.15, 0.2) is 5.13 Å². The molecule has 1 unspecified atom stereocenters. The molecule has 1 aliphatic rings. The lowest BCUT2D eigenvalue weighted by Gasteiger charge is -2.22. The fourth-order valence-electron chi connectivity index (χ4n) is 2.72. The summed E-state index contributed by atoms with van der Waals surface area (Å²) < 4.78 is 1.09. The first-order valence-electron chi connectivity index (χ1n) is 7.16. The van der Waals surface area contributed by atoms with Crippen LogP contribution in [0.1, 0.15) is 13.3 Å². The van der Waals surface area contributed by atoms with Crippen LogP contribution in [-0.2, 0) is 4.79 Å². The Bertz CT molecular complexity index is 623. The molecule has 6 heteroatoms. The summed E-state index contributed by atoms with van der Waals surface area (Å²) in [5.41, 5.74) is 6.87. The second-order valence-corrected chi connectivity index (χ2v) is 7.04. The Morgan fingerprint density at radius 3 is 3.05 bits per heavy atom. The molecule has 2 aromatic rings. The molecule has 1 atom stereocenters. The highest BCUT2D eigenvalue weighted by Gasteiger charge is 2.33. The summed E-state index contributed by atoms with van der Waals surface area (Å²) >= 11 is 1.51. The molecule has 0 aliphatic carbocycles. The minimum Gasteiger partial charge on any atom is -0.330 e. The SMILES string of the molecule is CC1(CN)CCN(CC(=O)Nc2nc3ccccc3s2)C1. The van der Waals surface area contributed by atoms with E-state index in [-0.39, 0.29) is 11.3 Å². The molecule has 0 saturated carbocycles. The van der Waals surface area contributed by atoms with Crippen LogP contribution in [0.3, 0.4) is 0 Å². The maximum atomic E-state index is 12.1. The molecular formula is C15H20N4OS. The van der Waals surface area contributed by atoms with Gasteiger partial charge in [0, 0.05) is 6.54 Å². The molecule has 0 bridgehead atoms. The lowest BCUT2D eigenvalue weighted by Crippen LogP contribution is -2.35. The van der Waals surface area contributed by atoms with Gasteiger partial charge in [0.2, 0.25) is 5.91 Å². The first-order valence-corrected chi connectivity index (χ1v) is 7.97. The molecule has 1 amide bonds. The predicted octanol–water partition coefficient (Wildman–Crippen LogP) is 1.91. The van der Waals surface area contributed by atoms with Gasteiger partial charge >= 0.3 is 0 Å². The van der Waals surface area contributed by atoms with E-state index in [0.717, 1.165) is 29.7 Å². The zero-order valence-electron chi connectivity index (χ0n) is 12.1. The summed E-state index contributed by atoms with van der Waals surface area (Å²) in [5.74, 6) is -0.00433. The quantitative estimate of drug-likeness (QED) is 0.905. The summed E-state index contributed by atoms with van der Waals surface area (Å²) in [5, 5.41) is 3.57. The second kappa shape index (κ2) is 5.71. The molecule has 0 spiro atoms. The molecule has 3 rings (SSSR count). The highest BCUT2D eigenvalue weighted by Crippen LogP contribution is 2.28. The Morgan fingerprint density at radius 2 is 2.33 bits per heavy atom. The molecule has 2 heterocycles. The Balaban J connectivity index is 1.59. The van der Waals surface area contributed by atoms with E-state index in [4.69, 9.17) is 5.73 Å². The zero-order chi connectivity index (χ0) is 14.9. The molecule has 1 saturated heterocycles. The topological polar surface area (TPSA) is 71.2 Å². The van der Waals surface area contributed by atoms with E-state index in [2.05, 4.69) is 22.1 Å². The van der Waals surface area contributed by atoms with Gasteiger partial charge in [0.05, 0.1) is 16.8 Å². The third kappa shape index (κ3) is 3.23. The van der Waals surface area contributed by atoms with Crippen LogP contribution in [0.5, 0.6) is 0 Å². The number of benzene rings is 1. The molecular weight excluding hydrogens is 284 g/mol. The largest absolute Gasteiger partial charge is 0.330 e. The number of aromatic nitrogens is 1. The monoisotopic (exact) mass is 304 g/mol. The third-order valence-electron chi connectivity index (χ3n) is 4.04. The standard InChI is InChI=1S/C15H20N4OS/c1-15(9-16)6-7-19(10-15)8-13(20)18-14-17-11-4-2-3-5-12(11)21-14/h2-5H,6-10,16H2,1H3,(H,17,18,20). The molecule has 1 aromatic heterocycles. The van der Waals surface area contributed by atoms with E-state index in [9.17, 15) is 4.79 Å². The molecule has 112 valence electrons. The number of fused-ring (bicyclic) bond motifs is 1. The van der Waals surface area contributed by atoms with Crippen molar-refractivity contribution in [3.8, 4) is 0 Å². The van der Waals surface area contributed by atoms with Crippen LogP contribution in [0.4, 0.5) is 5.13 Å². The Hall–Kier alpha value is -1.50. The second-order valence-electron chi connectivity index (χ2n) is 6.01. The number of amides is 1. The van der Waals surface area contributed by atoms with Crippen LogP contribution >= 0.6 is 11.3 Å². The van der Waals surface area contributed by atoms with Crippen molar-refractivity contribution in [3.63, 3.8) is 0 Å². The van der Waals surface area contributed by atoms with Crippen molar-refractivity contribution in [1.82, 2.24) is 9.88 Å². The highest BCUT2D eigenvalue weighted by atomic mass is 32.1. The van der Waals surface area contributed by atoms with Crippen molar-refractivity contribution >= 4 is 32.6 Å². The van der Waals surface area contributed by atoms with E-state index in [1.54, 1.807) is 0 Å². The maximum Gasteiger partial charge on any atom is 0.240 e. The van der Waals surface area contributed by atoms with E-state index in [0.29, 0.717) is 18.2 Å². The smallest absolute Gasteiger partial charge is 0.240 e. The van der Waals surface area contributed by atoms with Crippen molar-refractivity contribution in [2.45, 2.75) is 13.3 Å². The summed E-state index contributed by atoms with van der Waals surface area (Å²) in [7, 11) is 0. The van der Waals surface area contributed by atoms with Crippen molar-refractivity contribution in [1.29, 1.82) is 0 Å². The van der Waals surface area contributed by atoms with Gasteiger partial charge in [-0.2, -0.15) is 0 Å². The van der Waals surface area contributed by atoms with E-state index in [1.807, 2.05) is 24.3 Å². The Morgan fingerprint density at radius 1 is 1.52 bits per heavy atom. The maximum absolute atomic E-state index is 12.1. The van der Waals surface area contributed by atoms with Crippen LogP contribution in [0.25, 0.3) is 10.2 Å². The number of thiazole rings is 1. The van der Waals surface area contributed by atoms with E-state index >= 15 is 0 Å². The fourth-order valence-corrected chi connectivity index (χ4v) is 3.60. The number of carbonyl (C=O) groups excluding carboxylic acids is 1. The highest BCUT2D eigenvalue weighted by molar-refractivity contribution is 7.22. The Labute approximate surface area is 128 Å². The van der Waals surface area contributed by atoms with Crippen LogP contribution in [0, 0.1) is 5.41 Å². The normalized spacial score (nSPS) is 22.8. The van der Waals surface area contributed by atoms with Crippen LogP contribution in [-0.4, -0.2) is 42.0 Å². The first kappa shape index (κ1) is 14.4. The van der Waals surface area contributed by atoms with Gasteiger partial charge < -0.3 is 11.1 Å². The van der Waals surface area contributed by atoms with Crippen LogP contribution < -0.4 is 11.1 Å². The number of carbonyl (C=O) groups is 1. The third-order valence-corrected chi connectivity index (χ3v) is 4.99. The summed E-state index contributed by atoms with van der Waals surface area (Å²) in [6.07, 6.45) is 1.05. The van der Waals surface area contributed by atoms with Crippen molar-refractivity contribution in [3.05, 3.63) is 24.3 Å². The number of rotatable bonds is 4. The summed E-state index contributed by atoms with van der Waals surface area (Å²) in [6.45, 7) is 5.07. The van der Waals surface area contributed by atoms with Gasteiger partial charge in [-0.1, -0.05) is 30.4 Å². The van der Waals surface area contributed by atoms with Gasteiger partial charge in [-0.25, -0.2) is 4.98 Å². The number of nitrogens with two attached hydrogens (primary N) is 1. The van der Waals surface area contributed by atoms with Gasteiger partial charge in [0.1, 0.15) is 0 Å². The van der Waals surface area contributed by atoms with Gasteiger partial charge in [-0.15, -0.1) is 0 Å². The summed E-state index contributed by atoms with van der Waals surface area (Å²) in [4.78, 5) is 18.7. The lowest BCUT2D eigenvalue weighted by molar-refractivity contribution is -0.117. The van der Waals surface area contributed by atoms with Crippen molar-refractivity contribution < 1.29 is 4.79 Å². The molecule has 0 radical (unpaired) electrons. The lowest BCUT2D eigenvalue weighted by atomic mass is 9.90. The number of nitrogens with zero attached hydrogens (tertiary/aromatic N) is 2. The fraction of sp³-hybridized carbons (Fsp3) is 0.467. The van der Waals surface area contributed by atoms with Crippen molar-refractivity contribution in [2.75, 3.05) is 31.5 Å². The van der Waals surface area contributed by atoms with Gasteiger partial charge in [0.25, 0.3) is 0 Å². The van der Waals surface area contributed by atoms with Crippen LogP contribution in [0.2, 0.25) is 0 Å². The molecule has 21 heavy (non-hydrogen) atoms. The minimum atomic E-state index is -0.00433. The van der Waals surface area contributed by atoms with E-state index < -0.39 is 0 Å². The Kier molecular flexibility index (Phi) is 3.93. The van der Waals surface area contributed by atoms with Gasteiger partial charge in [-0.3, -0.25) is 9.69 Å². The number of hydrogen-bond donors (Lipinski definition) is 2. The predicted molar refractivity (Wildman–Crippen MR) is 86.5 cm³/mol. The van der Waals surface area contributed by atoms with E-state index in [1.165, 1.54) is 11.3 Å². The number of anilines is 1. The van der Waals surface area contributed by atoms with Crippen molar-refractivity contribution in [2.24, 2.45) is 11.1 Å². The molecule has 3 N–H and O–H groups in total. The first-order chi connectivity index (χ1) is 10.1. The molecule has 5 nitrogen and oxygen atoms in total. The van der Waals surface area contributed by atoms with Gasteiger partial charge in [-0.05, 0) is 37.1 Å². The number of likely N-dealkylation sites (tertiary alicyclic amines) is 1.